The first kappa shape index (κ1) is 14.3. The van der Waals surface area contributed by atoms with Crippen LogP contribution in [-0.2, 0) is 0 Å². The van der Waals surface area contributed by atoms with E-state index in [1.54, 1.807) is 6.20 Å². The number of aromatic nitrogens is 1. The third-order valence-electron chi connectivity index (χ3n) is 3.49. The van der Waals surface area contributed by atoms with Crippen molar-refractivity contribution in [3.8, 4) is 0 Å². The van der Waals surface area contributed by atoms with E-state index < -0.39 is 5.91 Å². The summed E-state index contributed by atoms with van der Waals surface area (Å²) in [5.74, 6) is 0.301. The SMILES string of the molecule is CC(C)C(C)(C)CNc1cnc(N)cc1C(N)=O. The molecule has 0 aromatic carbocycles. The van der Waals surface area contributed by atoms with Crippen LogP contribution >= 0.6 is 0 Å². The van der Waals surface area contributed by atoms with E-state index in [4.69, 9.17) is 11.5 Å². The third-order valence-corrected chi connectivity index (χ3v) is 3.49. The summed E-state index contributed by atoms with van der Waals surface area (Å²) in [6, 6.07) is 1.49. The maximum absolute atomic E-state index is 11.3. The van der Waals surface area contributed by atoms with Gasteiger partial charge in [0.25, 0.3) is 5.91 Å². The van der Waals surface area contributed by atoms with Crippen molar-refractivity contribution >= 4 is 17.4 Å². The van der Waals surface area contributed by atoms with Crippen LogP contribution in [0.1, 0.15) is 38.1 Å². The number of nitrogens with two attached hydrogens (primary N) is 2. The number of nitrogens with zero attached hydrogens (tertiary/aromatic N) is 1. The van der Waals surface area contributed by atoms with Gasteiger partial charge in [-0.15, -0.1) is 0 Å². The molecule has 100 valence electrons. The molecule has 0 atom stereocenters. The van der Waals surface area contributed by atoms with Crippen molar-refractivity contribution in [3.63, 3.8) is 0 Å². The lowest BCUT2D eigenvalue weighted by Gasteiger charge is -2.30. The highest BCUT2D eigenvalue weighted by Gasteiger charge is 2.22. The molecule has 1 aromatic rings. The zero-order valence-corrected chi connectivity index (χ0v) is 11.4. The molecule has 0 saturated heterocycles. The second-order valence-corrected chi connectivity index (χ2v) is 5.52. The predicted octanol–water partition coefficient (Wildman–Crippen LogP) is 1.86. The number of carbonyl (C=O) groups is 1. The summed E-state index contributed by atoms with van der Waals surface area (Å²) < 4.78 is 0. The van der Waals surface area contributed by atoms with E-state index in [9.17, 15) is 4.79 Å². The van der Waals surface area contributed by atoms with Gasteiger partial charge in [-0.3, -0.25) is 4.79 Å². The molecule has 5 N–H and O–H groups in total. The molecule has 0 bridgehead atoms. The van der Waals surface area contributed by atoms with Gasteiger partial charge in [0.15, 0.2) is 0 Å². The van der Waals surface area contributed by atoms with E-state index in [0.717, 1.165) is 6.54 Å². The summed E-state index contributed by atoms with van der Waals surface area (Å²) in [7, 11) is 0. The highest BCUT2D eigenvalue weighted by Crippen LogP contribution is 2.27. The molecule has 1 heterocycles. The molecule has 0 fully saturated rings. The first-order chi connectivity index (χ1) is 8.24. The molecular weight excluding hydrogens is 228 g/mol. The molecule has 0 radical (unpaired) electrons. The number of anilines is 2. The Balaban J connectivity index is 2.89. The van der Waals surface area contributed by atoms with Gasteiger partial charge in [-0.1, -0.05) is 27.7 Å². The van der Waals surface area contributed by atoms with Gasteiger partial charge >= 0.3 is 0 Å². The average molecular weight is 250 g/mol. The number of amides is 1. The summed E-state index contributed by atoms with van der Waals surface area (Å²) in [6.45, 7) is 9.39. The topological polar surface area (TPSA) is 94.0 Å². The Morgan fingerprint density at radius 1 is 1.50 bits per heavy atom. The third kappa shape index (κ3) is 3.35. The Kier molecular flexibility index (Phi) is 4.16. The molecule has 1 rings (SSSR count). The summed E-state index contributed by atoms with van der Waals surface area (Å²) in [5, 5.41) is 3.22. The minimum atomic E-state index is -0.506. The first-order valence-corrected chi connectivity index (χ1v) is 6.03. The van der Waals surface area contributed by atoms with Crippen LogP contribution < -0.4 is 16.8 Å². The van der Waals surface area contributed by atoms with E-state index in [2.05, 4.69) is 38.0 Å². The normalized spacial score (nSPS) is 11.6. The summed E-state index contributed by atoms with van der Waals surface area (Å²) >= 11 is 0. The molecule has 1 aromatic heterocycles. The highest BCUT2D eigenvalue weighted by molar-refractivity contribution is 5.98. The van der Waals surface area contributed by atoms with E-state index in [0.29, 0.717) is 17.2 Å². The van der Waals surface area contributed by atoms with Crippen LogP contribution in [-0.4, -0.2) is 17.4 Å². The fraction of sp³-hybridized carbons (Fsp3) is 0.538. The van der Waals surface area contributed by atoms with Crippen LogP contribution in [0.2, 0.25) is 0 Å². The number of carbonyl (C=O) groups excluding carboxylic acids is 1. The molecular formula is C13H22N4O. The van der Waals surface area contributed by atoms with Crippen molar-refractivity contribution in [2.45, 2.75) is 27.7 Å². The van der Waals surface area contributed by atoms with Crippen LogP contribution in [0.25, 0.3) is 0 Å². The number of nitrogen functional groups attached to an aromatic ring is 1. The largest absolute Gasteiger partial charge is 0.384 e. The lowest BCUT2D eigenvalue weighted by molar-refractivity contribution is 0.100. The fourth-order valence-electron chi connectivity index (χ4n) is 1.34. The number of nitrogens with one attached hydrogen (secondary N) is 1. The van der Waals surface area contributed by atoms with Gasteiger partial charge in [0, 0.05) is 6.54 Å². The van der Waals surface area contributed by atoms with E-state index >= 15 is 0 Å². The Morgan fingerprint density at radius 3 is 2.61 bits per heavy atom. The van der Waals surface area contributed by atoms with Crippen molar-refractivity contribution in [2.75, 3.05) is 17.6 Å². The molecule has 5 nitrogen and oxygen atoms in total. The van der Waals surface area contributed by atoms with Gasteiger partial charge in [0.05, 0.1) is 17.4 Å². The Hall–Kier alpha value is -1.78. The number of pyridine rings is 1. The van der Waals surface area contributed by atoms with Crippen LogP contribution in [0.4, 0.5) is 11.5 Å². The van der Waals surface area contributed by atoms with Crippen LogP contribution in [0, 0.1) is 11.3 Å². The lowest BCUT2D eigenvalue weighted by Crippen LogP contribution is -2.29. The van der Waals surface area contributed by atoms with Crippen molar-refractivity contribution < 1.29 is 4.79 Å². The van der Waals surface area contributed by atoms with Crippen LogP contribution in [0.5, 0.6) is 0 Å². The molecule has 0 aliphatic carbocycles. The number of primary amides is 1. The molecule has 1 amide bonds. The minimum Gasteiger partial charge on any atom is -0.384 e. The van der Waals surface area contributed by atoms with Crippen LogP contribution in [0.15, 0.2) is 12.3 Å². The van der Waals surface area contributed by atoms with Gasteiger partial charge in [-0.2, -0.15) is 0 Å². The van der Waals surface area contributed by atoms with Crippen molar-refractivity contribution in [1.29, 1.82) is 0 Å². The fourth-order valence-corrected chi connectivity index (χ4v) is 1.34. The number of hydrogen-bond acceptors (Lipinski definition) is 4. The van der Waals surface area contributed by atoms with Gasteiger partial charge < -0.3 is 16.8 Å². The van der Waals surface area contributed by atoms with E-state index in [1.165, 1.54) is 6.07 Å². The Morgan fingerprint density at radius 2 is 2.11 bits per heavy atom. The molecule has 0 aliphatic heterocycles. The maximum Gasteiger partial charge on any atom is 0.250 e. The highest BCUT2D eigenvalue weighted by atomic mass is 16.1. The van der Waals surface area contributed by atoms with Gasteiger partial charge in [0.2, 0.25) is 0 Å². The molecule has 18 heavy (non-hydrogen) atoms. The van der Waals surface area contributed by atoms with Crippen molar-refractivity contribution in [3.05, 3.63) is 17.8 Å². The zero-order valence-electron chi connectivity index (χ0n) is 11.4. The predicted molar refractivity (Wildman–Crippen MR) is 74.3 cm³/mol. The zero-order chi connectivity index (χ0) is 13.9. The Labute approximate surface area is 108 Å². The van der Waals surface area contributed by atoms with Gasteiger partial charge in [0.1, 0.15) is 5.82 Å². The smallest absolute Gasteiger partial charge is 0.250 e. The summed E-state index contributed by atoms with van der Waals surface area (Å²) in [4.78, 5) is 15.3. The number of rotatable bonds is 5. The quantitative estimate of drug-likeness (QED) is 0.743. The van der Waals surface area contributed by atoms with E-state index in [1.807, 2.05) is 0 Å². The van der Waals surface area contributed by atoms with Crippen LogP contribution in [0.3, 0.4) is 0 Å². The monoisotopic (exact) mass is 250 g/mol. The first-order valence-electron chi connectivity index (χ1n) is 6.03. The second kappa shape index (κ2) is 5.25. The molecule has 0 saturated carbocycles. The average Bonchev–Trinajstić information content (AvgIpc) is 2.27. The van der Waals surface area contributed by atoms with E-state index in [-0.39, 0.29) is 11.2 Å². The summed E-state index contributed by atoms with van der Waals surface area (Å²) in [5.41, 5.74) is 12.0. The van der Waals surface area contributed by atoms with Gasteiger partial charge in [-0.05, 0) is 17.4 Å². The number of hydrogen-bond donors (Lipinski definition) is 3. The Bertz CT molecular complexity index is 441. The molecule has 0 spiro atoms. The standard InChI is InChI=1S/C13H22N4O/c1-8(2)13(3,4)7-17-10-6-16-11(14)5-9(10)12(15)18/h5-6,8,17H,7H2,1-4H3,(H2,14,16)(H2,15,18). The summed E-state index contributed by atoms with van der Waals surface area (Å²) in [6.07, 6.45) is 1.55. The molecule has 0 unspecified atom stereocenters. The lowest BCUT2D eigenvalue weighted by atomic mass is 9.81. The maximum atomic E-state index is 11.3. The van der Waals surface area contributed by atoms with Crippen molar-refractivity contribution in [2.24, 2.45) is 17.1 Å². The minimum absolute atomic E-state index is 0.107. The second-order valence-electron chi connectivity index (χ2n) is 5.52. The molecule has 0 aliphatic rings. The van der Waals surface area contributed by atoms with Crippen molar-refractivity contribution in [1.82, 2.24) is 4.98 Å². The van der Waals surface area contributed by atoms with Gasteiger partial charge in [-0.25, -0.2) is 4.98 Å². The molecule has 5 heteroatoms.